The van der Waals surface area contributed by atoms with Crippen LogP contribution >= 0.6 is 23.2 Å². The normalized spacial score (nSPS) is 20.2. The Labute approximate surface area is 115 Å². The molecule has 1 aromatic rings. The first-order valence-corrected chi connectivity index (χ1v) is 6.34. The molecule has 1 aliphatic rings. The maximum absolute atomic E-state index is 10.9. The van der Waals surface area contributed by atoms with E-state index in [-0.39, 0.29) is 12.3 Å². The quantitative estimate of drug-likeness (QED) is 0.459. The van der Waals surface area contributed by atoms with E-state index in [2.05, 4.69) is 0 Å². The van der Waals surface area contributed by atoms with E-state index in [9.17, 15) is 9.59 Å². The minimum Gasteiger partial charge on any atom is -0.493 e. The molecule has 0 radical (unpaired) electrons. The average molecular weight is 287 g/mol. The van der Waals surface area contributed by atoms with E-state index >= 15 is 0 Å². The van der Waals surface area contributed by atoms with Crippen molar-refractivity contribution >= 4 is 35.3 Å². The summed E-state index contributed by atoms with van der Waals surface area (Å²) in [6.45, 7) is 0.486. The zero-order valence-electron chi connectivity index (χ0n) is 9.57. The Kier molecular flexibility index (Phi) is 3.93. The zero-order chi connectivity index (χ0) is 13.2. The van der Waals surface area contributed by atoms with Crippen LogP contribution in [0.1, 0.15) is 12.0 Å². The molecular weight excluding hydrogens is 275 g/mol. The van der Waals surface area contributed by atoms with E-state index in [4.69, 9.17) is 27.9 Å². The molecule has 0 heterocycles. The van der Waals surface area contributed by atoms with Crippen molar-refractivity contribution in [3.63, 3.8) is 0 Å². The maximum atomic E-state index is 10.9. The van der Waals surface area contributed by atoms with Crippen molar-refractivity contribution in [2.24, 2.45) is 5.92 Å². The molecule has 1 saturated carbocycles. The Morgan fingerprint density at radius 2 is 2.00 bits per heavy atom. The lowest BCUT2D eigenvalue weighted by Gasteiger charge is -2.06. The Morgan fingerprint density at radius 1 is 1.39 bits per heavy atom. The van der Waals surface area contributed by atoms with Crippen molar-refractivity contribution < 1.29 is 14.3 Å². The summed E-state index contributed by atoms with van der Waals surface area (Å²) in [5.74, 6) is 0.446. The van der Waals surface area contributed by atoms with E-state index in [0.717, 1.165) is 12.0 Å². The van der Waals surface area contributed by atoms with Crippen molar-refractivity contribution in [3.05, 3.63) is 29.8 Å². The summed E-state index contributed by atoms with van der Waals surface area (Å²) in [4.78, 5) is 21.2. The summed E-state index contributed by atoms with van der Waals surface area (Å²) >= 11 is 11.8. The van der Waals surface area contributed by atoms with Gasteiger partial charge in [0.15, 0.2) is 12.1 Å². The van der Waals surface area contributed by atoms with Gasteiger partial charge in [-0.05, 0) is 24.1 Å². The van der Waals surface area contributed by atoms with E-state index in [0.29, 0.717) is 18.6 Å². The molecule has 0 amide bonds. The van der Waals surface area contributed by atoms with Gasteiger partial charge in [0.1, 0.15) is 10.1 Å². The highest BCUT2D eigenvalue weighted by Gasteiger charge is 2.52. The summed E-state index contributed by atoms with van der Waals surface area (Å²) in [7, 11) is 0. The van der Waals surface area contributed by atoms with Gasteiger partial charge in [-0.2, -0.15) is 0 Å². The van der Waals surface area contributed by atoms with Crippen molar-refractivity contribution in [1.82, 2.24) is 0 Å². The van der Waals surface area contributed by atoms with Crippen LogP contribution in [0.25, 0.3) is 0 Å². The first-order valence-electron chi connectivity index (χ1n) is 5.59. The topological polar surface area (TPSA) is 43.4 Å². The lowest BCUT2D eigenvalue weighted by atomic mass is 10.1. The highest BCUT2D eigenvalue weighted by Crippen LogP contribution is 2.53. The van der Waals surface area contributed by atoms with Crippen LogP contribution in [0, 0.1) is 5.92 Å². The zero-order valence-corrected chi connectivity index (χ0v) is 11.1. The minimum atomic E-state index is -0.629. The fraction of sp³-hybridized carbons (Fsp3) is 0.385. The van der Waals surface area contributed by atoms with E-state index in [1.54, 1.807) is 24.3 Å². The van der Waals surface area contributed by atoms with Crippen molar-refractivity contribution in [2.75, 3.05) is 6.61 Å². The van der Waals surface area contributed by atoms with Gasteiger partial charge in [-0.3, -0.25) is 9.59 Å². The van der Waals surface area contributed by atoms with E-state index in [1.165, 1.54) is 0 Å². The van der Waals surface area contributed by atoms with Gasteiger partial charge in [0.05, 0.1) is 6.61 Å². The number of hydrogen-bond acceptors (Lipinski definition) is 3. The number of alkyl halides is 2. The number of ketones is 1. The molecule has 0 aromatic heterocycles. The third kappa shape index (κ3) is 3.47. The number of halogens is 2. The second kappa shape index (κ2) is 5.29. The number of carbonyl (C=O) groups is 2. The fourth-order valence-electron chi connectivity index (χ4n) is 1.59. The Bertz CT molecular complexity index is 454. The smallest absolute Gasteiger partial charge is 0.199 e. The molecule has 1 fully saturated rings. The molecule has 96 valence electrons. The molecule has 0 N–H and O–H groups in total. The molecular formula is C13H12Cl2O3. The number of rotatable bonds is 6. The van der Waals surface area contributed by atoms with Crippen LogP contribution in [0.15, 0.2) is 24.3 Å². The van der Waals surface area contributed by atoms with Gasteiger partial charge in [-0.15, -0.1) is 23.2 Å². The highest BCUT2D eigenvalue weighted by molar-refractivity contribution is 6.50. The van der Waals surface area contributed by atoms with Gasteiger partial charge < -0.3 is 4.74 Å². The monoisotopic (exact) mass is 286 g/mol. The van der Waals surface area contributed by atoms with Crippen LogP contribution in [0.3, 0.4) is 0 Å². The Hall–Kier alpha value is -1.06. The van der Waals surface area contributed by atoms with E-state index in [1.807, 2.05) is 0 Å². The lowest BCUT2D eigenvalue weighted by molar-refractivity contribution is -0.129. The number of benzene rings is 1. The van der Waals surface area contributed by atoms with Crippen molar-refractivity contribution in [1.29, 1.82) is 0 Å². The highest BCUT2D eigenvalue weighted by atomic mass is 35.5. The SMILES string of the molecule is O=CC(=O)Cc1ccc(OCC2CC2(Cl)Cl)cc1. The molecule has 1 aromatic carbocycles. The molecule has 2 rings (SSSR count). The van der Waals surface area contributed by atoms with Crippen LogP contribution in [0.4, 0.5) is 0 Å². The van der Waals surface area contributed by atoms with Gasteiger partial charge in [0.2, 0.25) is 0 Å². The molecule has 0 aliphatic heterocycles. The Morgan fingerprint density at radius 3 is 2.50 bits per heavy atom. The first kappa shape index (κ1) is 13.4. The molecule has 0 bridgehead atoms. The van der Waals surface area contributed by atoms with Crippen LogP contribution < -0.4 is 4.74 Å². The summed E-state index contributed by atoms with van der Waals surface area (Å²) in [5, 5.41) is 0. The second-order valence-electron chi connectivity index (χ2n) is 4.38. The third-order valence-corrected chi connectivity index (χ3v) is 3.77. The molecule has 3 nitrogen and oxygen atoms in total. The number of Topliss-reactive ketones (excluding diaryl/α,β-unsaturated/α-hetero) is 1. The number of ether oxygens (including phenoxy) is 1. The molecule has 1 aliphatic carbocycles. The average Bonchev–Trinajstić information content (AvgIpc) is 2.96. The van der Waals surface area contributed by atoms with Gasteiger partial charge in [0, 0.05) is 12.3 Å². The maximum Gasteiger partial charge on any atom is 0.199 e. The Balaban J connectivity index is 1.84. The van der Waals surface area contributed by atoms with E-state index < -0.39 is 10.1 Å². The predicted molar refractivity (Wildman–Crippen MR) is 69.3 cm³/mol. The van der Waals surface area contributed by atoms with Gasteiger partial charge in [-0.1, -0.05) is 12.1 Å². The standard InChI is InChI=1S/C13H12Cl2O3/c14-13(15)6-10(13)8-18-12-3-1-9(2-4-12)5-11(17)7-16/h1-4,7,10H,5-6,8H2. The van der Waals surface area contributed by atoms with Crippen LogP contribution in [0.5, 0.6) is 5.75 Å². The molecule has 18 heavy (non-hydrogen) atoms. The molecule has 1 atom stereocenters. The summed E-state index contributed by atoms with van der Waals surface area (Å²) in [5.41, 5.74) is 0.787. The van der Waals surface area contributed by atoms with Crippen LogP contribution in [0.2, 0.25) is 0 Å². The summed E-state index contributed by atoms with van der Waals surface area (Å²) in [6.07, 6.45) is 1.21. The molecule has 0 saturated heterocycles. The summed E-state index contributed by atoms with van der Waals surface area (Å²) < 4.78 is 4.90. The summed E-state index contributed by atoms with van der Waals surface area (Å²) in [6, 6.07) is 7.05. The van der Waals surface area contributed by atoms with Gasteiger partial charge in [-0.25, -0.2) is 0 Å². The van der Waals surface area contributed by atoms with Crippen molar-refractivity contribution in [3.8, 4) is 5.75 Å². The minimum absolute atomic E-state index is 0.124. The van der Waals surface area contributed by atoms with Crippen LogP contribution in [-0.2, 0) is 16.0 Å². The van der Waals surface area contributed by atoms with Gasteiger partial charge in [0.25, 0.3) is 0 Å². The van der Waals surface area contributed by atoms with Crippen LogP contribution in [-0.4, -0.2) is 23.0 Å². The molecule has 0 spiro atoms. The largest absolute Gasteiger partial charge is 0.493 e. The molecule has 1 unspecified atom stereocenters. The first-order chi connectivity index (χ1) is 8.51. The second-order valence-corrected chi connectivity index (χ2v) is 5.92. The third-order valence-electron chi connectivity index (χ3n) is 2.84. The number of hydrogen-bond donors (Lipinski definition) is 0. The predicted octanol–water partition coefficient (Wildman–Crippen LogP) is 2.57. The lowest BCUT2D eigenvalue weighted by Crippen LogP contribution is -2.05. The number of aldehydes is 1. The number of carbonyl (C=O) groups excluding carboxylic acids is 2. The van der Waals surface area contributed by atoms with Gasteiger partial charge >= 0.3 is 0 Å². The molecule has 5 heteroatoms. The fourth-order valence-corrected chi connectivity index (χ4v) is 2.09. The van der Waals surface area contributed by atoms with Crippen molar-refractivity contribution in [2.45, 2.75) is 17.2 Å².